The van der Waals surface area contributed by atoms with E-state index in [1.807, 2.05) is 7.05 Å². The van der Waals surface area contributed by atoms with Crippen molar-refractivity contribution in [2.24, 2.45) is 0 Å². The summed E-state index contributed by atoms with van der Waals surface area (Å²) in [6, 6.07) is 11.4. The van der Waals surface area contributed by atoms with Crippen LogP contribution in [0.3, 0.4) is 0 Å². The standard InChI is InChI=1S/C16H15Cl2FN2O/c1-21(9-11-4-2-3-5-15(11)19)10-16(22)20-12-6-7-13(17)14(18)8-12/h2-8H,9-10H2,1H3,(H,20,22)/p+1. The van der Waals surface area contributed by atoms with Crippen LogP contribution in [-0.4, -0.2) is 19.5 Å². The Morgan fingerprint density at radius 1 is 1.18 bits per heavy atom. The molecule has 22 heavy (non-hydrogen) atoms. The van der Waals surface area contributed by atoms with Gasteiger partial charge in [0.1, 0.15) is 12.4 Å². The number of halogens is 3. The minimum atomic E-state index is -0.258. The predicted molar refractivity (Wildman–Crippen MR) is 86.9 cm³/mol. The van der Waals surface area contributed by atoms with Gasteiger partial charge in [0, 0.05) is 11.3 Å². The first-order valence-corrected chi connectivity index (χ1v) is 7.51. The van der Waals surface area contributed by atoms with Gasteiger partial charge >= 0.3 is 0 Å². The highest BCUT2D eigenvalue weighted by molar-refractivity contribution is 6.42. The average molecular weight is 342 g/mol. The zero-order valence-corrected chi connectivity index (χ0v) is 13.5. The normalized spacial score (nSPS) is 12.0. The number of rotatable bonds is 5. The smallest absolute Gasteiger partial charge is 0.279 e. The fraction of sp³-hybridized carbons (Fsp3) is 0.188. The number of hydrogen-bond donors (Lipinski definition) is 2. The van der Waals surface area contributed by atoms with Crippen LogP contribution in [0.25, 0.3) is 0 Å². The molecule has 2 aromatic carbocycles. The third-order valence-corrected chi connectivity index (χ3v) is 3.85. The lowest BCUT2D eigenvalue weighted by molar-refractivity contribution is -0.885. The monoisotopic (exact) mass is 341 g/mol. The largest absolute Gasteiger partial charge is 0.326 e. The van der Waals surface area contributed by atoms with Gasteiger partial charge in [0.05, 0.1) is 17.1 Å². The van der Waals surface area contributed by atoms with E-state index in [-0.39, 0.29) is 18.3 Å². The lowest BCUT2D eigenvalue weighted by Gasteiger charge is -2.14. The van der Waals surface area contributed by atoms with Crippen LogP contribution < -0.4 is 10.2 Å². The van der Waals surface area contributed by atoms with E-state index in [9.17, 15) is 9.18 Å². The molecule has 3 nitrogen and oxygen atoms in total. The number of hydrogen-bond acceptors (Lipinski definition) is 1. The van der Waals surface area contributed by atoms with E-state index in [0.717, 1.165) is 4.90 Å². The third-order valence-electron chi connectivity index (χ3n) is 3.12. The summed E-state index contributed by atoms with van der Waals surface area (Å²) in [4.78, 5) is 12.9. The van der Waals surface area contributed by atoms with Crippen molar-refractivity contribution < 1.29 is 14.1 Å². The Morgan fingerprint density at radius 2 is 1.91 bits per heavy atom. The van der Waals surface area contributed by atoms with E-state index in [4.69, 9.17) is 23.2 Å². The second-order valence-electron chi connectivity index (χ2n) is 5.08. The van der Waals surface area contributed by atoms with Crippen LogP contribution in [0.2, 0.25) is 10.0 Å². The van der Waals surface area contributed by atoms with Gasteiger partial charge in [0.15, 0.2) is 6.54 Å². The SMILES string of the molecule is C[NH+](CC(=O)Nc1ccc(Cl)c(Cl)c1)Cc1ccccc1F. The molecule has 0 aliphatic rings. The molecule has 0 saturated heterocycles. The van der Waals surface area contributed by atoms with Gasteiger partial charge in [0.25, 0.3) is 5.91 Å². The number of carbonyl (C=O) groups is 1. The van der Waals surface area contributed by atoms with Crippen molar-refractivity contribution in [3.63, 3.8) is 0 Å². The lowest BCUT2D eigenvalue weighted by atomic mass is 10.2. The Morgan fingerprint density at radius 3 is 2.59 bits per heavy atom. The Kier molecular flexibility index (Phi) is 5.77. The predicted octanol–water partition coefficient (Wildman–Crippen LogP) is 2.79. The quantitative estimate of drug-likeness (QED) is 0.861. The molecule has 0 saturated carbocycles. The summed E-state index contributed by atoms with van der Waals surface area (Å²) in [5.74, 6) is -0.432. The van der Waals surface area contributed by atoms with Crippen molar-refractivity contribution in [2.75, 3.05) is 18.9 Å². The molecule has 1 unspecified atom stereocenters. The molecule has 0 heterocycles. The molecule has 2 aromatic rings. The Bertz CT molecular complexity index is 679. The molecule has 0 aromatic heterocycles. The van der Waals surface area contributed by atoms with Gasteiger partial charge in [-0.3, -0.25) is 4.79 Å². The van der Waals surface area contributed by atoms with Gasteiger partial charge in [0.2, 0.25) is 0 Å². The molecular formula is C16H16Cl2FN2O+. The van der Waals surface area contributed by atoms with Crippen LogP contribution in [-0.2, 0) is 11.3 Å². The van der Waals surface area contributed by atoms with Gasteiger partial charge in [-0.15, -0.1) is 0 Å². The number of nitrogens with one attached hydrogen (secondary N) is 2. The average Bonchev–Trinajstić information content (AvgIpc) is 2.45. The summed E-state index contributed by atoms with van der Waals surface area (Å²) >= 11 is 11.7. The zero-order chi connectivity index (χ0) is 16.1. The minimum Gasteiger partial charge on any atom is -0.326 e. The molecular weight excluding hydrogens is 326 g/mol. The second-order valence-corrected chi connectivity index (χ2v) is 5.89. The van der Waals surface area contributed by atoms with Crippen LogP contribution in [0.4, 0.5) is 10.1 Å². The van der Waals surface area contributed by atoms with E-state index >= 15 is 0 Å². The van der Waals surface area contributed by atoms with Crippen LogP contribution in [0, 0.1) is 5.82 Å². The van der Waals surface area contributed by atoms with Crippen molar-refractivity contribution in [3.8, 4) is 0 Å². The van der Waals surface area contributed by atoms with E-state index in [0.29, 0.717) is 27.8 Å². The summed E-state index contributed by atoms with van der Waals surface area (Å²) in [5.41, 5.74) is 1.17. The molecule has 0 spiro atoms. The maximum Gasteiger partial charge on any atom is 0.279 e. The summed E-state index contributed by atoms with van der Waals surface area (Å²) in [7, 11) is 1.83. The highest BCUT2D eigenvalue weighted by Crippen LogP contribution is 2.24. The van der Waals surface area contributed by atoms with Crippen molar-refractivity contribution in [2.45, 2.75) is 6.54 Å². The summed E-state index contributed by atoms with van der Waals surface area (Å²) in [6.07, 6.45) is 0. The fourth-order valence-corrected chi connectivity index (χ4v) is 2.38. The van der Waals surface area contributed by atoms with E-state index < -0.39 is 0 Å². The number of anilines is 1. The molecule has 0 bridgehead atoms. The third kappa shape index (κ3) is 4.70. The summed E-state index contributed by atoms with van der Waals surface area (Å²) < 4.78 is 13.6. The molecule has 0 radical (unpaired) electrons. The van der Waals surface area contributed by atoms with Crippen LogP contribution >= 0.6 is 23.2 Å². The molecule has 2 N–H and O–H groups in total. The minimum absolute atomic E-state index is 0.174. The van der Waals surface area contributed by atoms with Gasteiger partial charge in [-0.25, -0.2) is 4.39 Å². The Hall–Kier alpha value is -1.62. The van der Waals surface area contributed by atoms with Crippen LogP contribution in [0.15, 0.2) is 42.5 Å². The molecule has 2 rings (SSSR count). The number of amides is 1. The van der Waals surface area contributed by atoms with E-state index in [1.165, 1.54) is 6.07 Å². The maximum absolute atomic E-state index is 13.6. The highest BCUT2D eigenvalue weighted by Gasteiger charge is 2.13. The number of carbonyl (C=O) groups excluding carboxylic acids is 1. The topological polar surface area (TPSA) is 33.5 Å². The maximum atomic E-state index is 13.6. The number of quaternary nitrogens is 1. The van der Waals surface area contributed by atoms with Crippen molar-refractivity contribution in [1.29, 1.82) is 0 Å². The van der Waals surface area contributed by atoms with Crippen molar-refractivity contribution >= 4 is 34.8 Å². The number of benzene rings is 2. The van der Waals surface area contributed by atoms with E-state index in [1.54, 1.807) is 36.4 Å². The van der Waals surface area contributed by atoms with E-state index in [2.05, 4.69) is 5.32 Å². The lowest BCUT2D eigenvalue weighted by Crippen LogP contribution is -3.08. The second kappa shape index (κ2) is 7.58. The fourth-order valence-electron chi connectivity index (χ4n) is 2.08. The van der Waals surface area contributed by atoms with Gasteiger partial charge < -0.3 is 10.2 Å². The highest BCUT2D eigenvalue weighted by atomic mass is 35.5. The molecule has 1 atom stereocenters. The Labute approximate surface area is 138 Å². The van der Waals surface area contributed by atoms with Crippen molar-refractivity contribution in [1.82, 2.24) is 0 Å². The molecule has 0 aliphatic heterocycles. The van der Waals surface area contributed by atoms with Gasteiger partial charge in [-0.05, 0) is 24.3 Å². The first-order chi connectivity index (χ1) is 10.5. The molecule has 6 heteroatoms. The summed E-state index contributed by atoms with van der Waals surface area (Å²) in [6.45, 7) is 0.649. The molecule has 0 aliphatic carbocycles. The zero-order valence-electron chi connectivity index (χ0n) is 12.0. The first kappa shape index (κ1) is 16.7. The first-order valence-electron chi connectivity index (χ1n) is 6.75. The Balaban J connectivity index is 1.91. The van der Waals surface area contributed by atoms with Crippen LogP contribution in [0.1, 0.15) is 5.56 Å². The van der Waals surface area contributed by atoms with Gasteiger partial charge in [-0.2, -0.15) is 0 Å². The van der Waals surface area contributed by atoms with Crippen LogP contribution in [0.5, 0.6) is 0 Å². The molecule has 0 fully saturated rings. The molecule has 1 amide bonds. The summed E-state index contributed by atoms with van der Waals surface area (Å²) in [5, 5.41) is 3.56. The van der Waals surface area contributed by atoms with Gasteiger partial charge in [-0.1, -0.05) is 41.4 Å². The number of likely N-dealkylation sites (N-methyl/N-ethyl adjacent to an activating group) is 1. The molecule has 116 valence electrons. The van der Waals surface area contributed by atoms with Crippen molar-refractivity contribution in [3.05, 3.63) is 63.9 Å².